The molecule has 0 aliphatic heterocycles. The molecule has 0 spiro atoms. The lowest BCUT2D eigenvalue weighted by Crippen LogP contribution is -2.31. The molecule has 1 aromatic carbocycles. The lowest BCUT2D eigenvalue weighted by Gasteiger charge is -2.28. The van der Waals surface area contributed by atoms with Gasteiger partial charge in [-0.05, 0) is 29.2 Å². The van der Waals surface area contributed by atoms with Gasteiger partial charge in [0.25, 0.3) is 0 Å². The second-order valence-corrected chi connectivity index (χ2v) is 6.38. The highest BCUT2D eigenvalue weighted by Crippen LogP contribution is 2.40. The second-order valence-electron chi connectivity index (χ2n) is 6.38. The molecule has 1 aromatic rings. The first-order valence-corrected chi connectivity index (χ1v) is 7.39. The van der Waals surface area contributed by atoms with E-state index in [-0.39, 0.29) is 22.6 Å². The van der Waals surface area contributed by atoms with Gasteiger partial charge in [-0.2, -0.15) is 0 Å². The molecule has 0 unspecified atom stereocenters. The number of methoxy groups -OCH3 is 3. The predicted octanol–water partition coefficient (Wildman–Crippen LogP) is 3.05. The Balaban J connectivity index is 2.47. The molecule has 124 valence electrons. The van der Waals surface area contributed by atoms with Gasteiger partial charge in [-0.1, -0.05) is 13.8 Å². The van der Waals surface area contributed by atoms with Gasteiger partial charge in [0.15, 0.2) is 23.1 Å². The molecule has 0 atom stereocenters. The molecule has 0 radical (unpaired) electrons. The van der Waals surface area contributed by atoms with Gasteiger partial charge in [0.05, 0.1) is 26.9 Å². The topological polar surface area (TPSA) is 61.8 Å². The van der Waals surface area contributed by atoms with Gasteiger partial charge in [0.1, 0.15) is 0 Å². The third-order valence-electron chi connectivity index (χ3n) is 3.88. The van der Waals surface area contributed by atoms with Gasteiger partial charge in [-0.15, -0.1) is 0 Å². The van der Waals surface area contributed by atoms with Crippen molar-refractivity contribution in [1.29, 1.82) is 0 Å². The summed E-state index contributed by atoms with van der Waals surface area (Å²) in [6, 6.07) is 3.43. The van der Waals surface area contributed by atoms with E-state index in [4.69, 9.17) is 14.2 Å². The highest BCUT2D eigenvalue weighted by atomic mass is 16.5. The van der Waals surface area contributed by atoms with E-state index in [1.165, 1.54) is 21.3 Å². The number of ether oxygens (including phenoxy) is 3. The van der Waals surface area contributed by atoms with Crippen LogP contribution < -0.4 is 14.2 Å². The van der Waals surface area contributed by atoms with Crippen molar-refractivity contribution in [3.05, 3.63) is 23.3 Å². The summed E-state index contributed by atoms with van der Waals surface area (Å²) < 4.78 is 15.9. The molecule has 5 nitrogen and oxygen atoms in total. The van der Waals surface area contributed by atoms with Gasteiger partial charge in [-0.3, -0.25) is 9.59 Å². The first-order valence-electron chi connectivity index (χ1n) is 7.39. The molecule has 1 saturated carbocycles. The van der Waals surface area contributed by atoms with Crippen molar-refractivity contribution in [1.82, 2.24) is 0 Å². The van der Waals surface area contributed by atoms with Gasteiger partial charge in [0.2, 0.25) is 5.75 Å². The normalized spacial score (nSPS) is 17.0. The predicted molar refractivity (Wildman–Crippen MR) is 87.1 cm³/mol. The molecule has 0 aromatic heterocycles. The van der Waals surface area contributed by atoms with E-state index < -0.39 is 0 Å². The van der Waals surface area contributed by atoms with Crippen molar-refractivity contribution >= 4 is 17.6 Å². The second kappa shape index (κ2) is 6.44. The molecule has 5 heteroatoms. The highest BCUT2D eigenvalue weighted by Gasteiger charge is 2.35. The summed E-state index contributed by atoms with van der Waals surface area (Å²) in [5, 5.41) is 0. The average Bonchev–Trinajstić information content (AvgIpc) is 2.48. The molecule has 23 heavy (non-hydrogen) atoms. The van der Waals surface area contributed by atoms with Gasteiger partial charge < -0.3 is 14.2 Å². The van der Waals surface area contributed by atoms with Crippen LogP contribution in [0.1, 0.15) is 32.3 Å². The van der Waals surface area contributed by atoms with Gasteiger partial charge in [-0.25, -0.2) is 0 Å². The van der Waals surface area contributed by atoms with Crippen LogP contribution in [-0.4, -0.2) is 32.9 Å². The number of hydrogen-bond donors (Lipinski definition) is 0. The number of benzene rings is 1. The summed E-state index contributed by atoms with van der Waals surface area (Å²) in [5.74, 6) is 1.18. The standard InChI is InChI=1S/C18H22O5/c1-18(2)9-13(19)12(14(20)10-18)6-11-7-15(21-3)17(23-5)16(8-11)22-4/h6-8H,9-10H2,1-5H3. The third-order valence-corrected chi connectivity index (χ3v) is 3.88. The maximum atomic E-state index is 12.3. The van der Waals surface area contributed by atoms with Crippen molar-refractivity contribution < 1.29 is 23.8 Å². The summed E-state index contributed by atoms with van der Waals surface area (Å²) in [4.78, 5) is 24.6. The number of carbonyl (C=O) groups is 2. The zero-order valence-electron chi connectivity index (χ0n) is 14.2. The quantitative estimate of drug-likeness (QED) is 0.631. The fourth-order valence-electron chi connectivity index (χ4n) is 2.79. The Morgan fingerprint density at radius 1 is 0.913 bits per heavy atom. The van der Waals surface area contributed by atoms with Crippen LogP contribution in [0.5, 0.6) is 17.2 Å². The van der Waals surface area contributed by atoms with Crippen LogP contribution in [0.2, 0.25) is 0 Å². The molecule has 0 heterocycles. The van der Waals surface area contributed by atoms with Crippen LogP contribution in [0.25, 0.3) is 6.08 Å². The summed E-state index contributed by atoms with van der Waals surface area (Å²) in [7, 11) is 4.57. The van der Waals surface area contributed by atoms with Crippen molar-refractivity contribution in [3.63, 3.8) is 0 Å². The van der Waals surface area contributed by atoms with E-state index in [0.717, 1.165) is 0 Å². The van der Waals surface area contributed by atoms with Crippen LogP contribution in [0.4, 0.5) is 0 Å². The number of carbonyl (C=O) groups excluding carboxylic acids is 2. The highest BCUT2D eigenvalue weighted by molar-refractivity contribution is 6.25. The van der Waals surface area contributed by atoms with E-state index in [9.17, 15) is 9.59 Å². The minimum atomic E-state index is -0.277. The fraction of sp³-hybridized carbons (Fsp3) is 0.444. The average molecular weight is 318 g/mol. The van der Waals surface area contributed by atoms with Crippen molar-refractivity contribution in [3.8, 4) is 17.2 Å². The van der Waals surface area contributed by atoms with Crippen LogP contribution in [0, 0.1) is 5.41 Å². The Kier molecular flexibility index (Phi) is 4.78. The Hall–Kier alpha value is -2.30. The fourth-order valence-corrected chi connectivity index (χ4v) is 2.79. The maximum Gasteiger partial charge on any atom is 0.203 e. The van der Waals surface area contributed by atoms with Crippen molar-refractivity contribution in [2.45, 2.75) is 26.7 Å². The molecule has 0 bridgehead atoms. The summed E-state index contributed by atoms with van der Waals surface area (Å²) in [6.07, 6.45) is 2.34. The lowest BCUT2D eigenvalue weighted by atomic mass is 9.74. The minimum Gasteiger partial charge on any atom is -0.493 e. The Morgan fingerprint density at radius 2 is 1.39 bits per heavy atom. The third kappa shape index (κ3) is 3.55. The summed E-state index contributed by atoms with van der Waals surface area (Å²) in [6.45, 7) is 3.86. The number of Topliss-reactive ketones (excluding diaryl/α,β-unsaturated/α-hetero) is 2. The van der Waals surface area contributed by atoms with Gasteiger partial charge in [0, 0.05) is 12.8 Å². The Bertz CT molecular complexity index is 623. The molecule has 0 amide bonds. The number of ketones is 2. The molecule has 1 aliphatic rings. The molecule has 0 saturated heterocycles. The largest absolute Gasteiger partial charge is 0.493 e. The number of allylic oxidation sites excluding steroid dienone is 1. The van der Waals surface area contributed by atoms with Crippen LogP contribution in [0.15, 0.2) is 17.7 Å². The van der Waals surface area contributed by atoms with Crippen LogP contribution in [-0.2, 0) is 9.59 Å². The molecular weight excluding hydrogens is 296 g/mol. The first-order chi connectivity index (χ1) is 10.8. The van der Waals surface area contributed by atoms with E-state index >= 15 is 0 Å². The Labute approximate surface area is 136 Å². The van der Waals surface area contributed by atoms with Crippen LogP contribution >= 0.6 is 0 Å². The summed E-state index contributed by atoms with van der Waals surface area (Å²) >= 11 is 0. The zero-order chi connectivity index (χ0) is 17.2. The van der Waals surface area contributed by atoms with Crippen molar-refractivity contribution in [2.75, 3.05) is 21.3 Å². The van der Waals surface area contributed by atoms with E-state index in [1.54, 1.807) is 18.2 Å². The molecular formula is C18H22O5. The van der Waals surface area contributed by atoms with E-state index in [2.05, 4.69) is 0 Å². The summed E-state index contributed by atoms with van der Waals surface area (Å²) in [5.41, 5.74) is 0.621. The Morgan fingerprint density at radius 3 is 1.78 bits per heavy atom. The maximum absolute atomic E-state index is 12.3. The van der Waals surface area contributed by atoms with E-state index in [1.807, 2.05) is 13.8 Å². The zero-order valence-corrected chi connectivity index (χ0v) is 14.2. The monoisotopic (exact) mass is 318 g/mol. The van der Waals surface area contributed by atoms with Crippen molar-refractivity contribution in [2.24, 2.45) is 5.41 Å². The SMILES string of the molecule is COc1cc(C=C2C(=O)CC(C)(C)CC2=O)cc(OC)c1OC. The minimum absolute atomic E-state index is 0.125. The van der Waals surface area contributed by atoms with Gasteiger partial charge >= 0.3 is 0 Å². The molecule has 1 aliphatic carbocycles. The molecule has 0 N–H and O–H groups in total. The van der Waals surface area contributed by atoms with Crippen LogP contribution in [0.3, 0.4) is 0 Å². The lowest BCUT2D eigenvalue weighted by molar-refractivity contribution is -0.127. The van der Waals surface area contributed by atoms with E-state index in [0.29, 0.717) is 35.7 Å². The smallest absolute Gasteiger partial charge is 0.203 e. The number of hydrogen-bond acceptors (Lipinski definition) is 5. The molecule has 2 rings (SSSR count). The molecule has 1 fully saturated rings. The number of rotatable bonds is 4. The first kappa shape index (κ1) is 17.1.